The quantitative estimate of drug-likeness (QED) is 0.889. The minimum atomic E-state index is 0.603. The van der Waals surface area contributed by atoms with Crippen LogP contribution < -0.4 is 15.0 Å². The highest BCUT2D eigenvalue weighted by Crippen LogP contribution is 2.30. The van der Waals surface area contributed by atoms with Crippen molar-refractivity contribution in [3.05, 3.63) is 23.2 Å². The summed E-state index contributed by atoms with van der Waals surface area (Å²) in [6.45, 7) is 5.44. The van der Waals surface area contributed by atoms with Crippen LogP contribution in [0.5, 0.6) is 5.75 Å². The summed E-state index contributed by atoms with van der Waals surface area (Å²) in [4.78, 5) is 2.37. The molecule has 18 heavy (non-hydrogen) atoms. The van der Waals surface area contributed by atoms with Crippen molar-refractivity contribution in [2.45, 2.75) is 25.8 Å². The molecule has 3 nitrogen and oxygen atoms in total. The van der Waals surface area contributed by atoms with Gasteiger partial charge in [-0.3, -0.25) is 0 Å². The molecule has 1 aromatic rings. The first-order chi connectivity index (χ1) is 8.74. The first-order valence-corrected chi connectivity index (χ1v) is 6.94. The molecule has 1 heterocycles. The van der Waals surface area contributed by atoms with Crippen molar-refractivity contribution in [3.8, 4) is 5.75 Å². The highest BCUT2D eigenvalue weighted by Gasteiger charge is 2.22. The zero-order chi connectivity index (χ0) is 13.0. The topological polar surface area (TPSA) is 24.5 Å². The van der Waals surface area contributed by atoms with Crippen molar-refractivity contribution >= 4 is 17.3 Å². The summed E-state index contributed by atoms with van der Waals surface area (Å²) in [6.07, 6.45) is 2.38. The number of benzene rings is 1. The van der Waals surface area contributed by atoms with Crippen LogP contribution in [0.3, 0.4) is 0 Å². The van der Waals surface area contributed by atoms with Crippen LogP contribution in [-0.2, 0) is 0 Å². The van der Waals surface area contributed by atoms with Gasteiger partial charge in [0, 0.05) is 24.8 Å². The van der Waals surface area contributed by atoms with Crippen LogP contribution in [0.15, 0.2) is 18.2 Å². The first kappa shape index (κ1) is 13.5. The fourth-order valence-electron chi connectivity index (χ4n) is 2.36. The smallest absolute Gasteiger partial charge is 0.137 e. The number of hydrogen-bond donors (Lipinski definition) is 1. The van der Waals surface area contributed by atoms with E-state index in [1.165, 1.54) is 18.5 Å². The molecule has 4 heteroatoms. The second kappa shape index (κ2) is 6.30. The van der Waals surface area contributed by atoms with Gasteiger partial charge in [-0.2, -0.15) is 0 Å². The minimum Gasteiger partial charge on any atom is -0.495 e. The maximum absolute atomic E-state index is 6.16. The molecule has 100 valence electrons. The Balaban J connectivity index is 1.98. The molecule has 0 spiro atoms. The fraction of sp³-hybridized carbons (Fsp3) is 0.571. The van der Waals surface area contributed by atoms with Gasteiger partial charge in [0.15, 0.2) is 0 Å². The lowest BCUT2D eigenvalue weighted by molar-refractivity contribution is 0.415. The largest absolute Gasteiger partial charge is 0.495 e. The Labute approximate surface area is 114 Å². The van der Waals surface area contributed by atoms with Crippen molar-refractivity contribution in [1.29, 1.82) is 0 Å². The summed E-state index contributed by atoms with van der Waals surface area (Å²) in [5.41, 5.74) is 1.18. The molecular weight excluding hydrogens is 248 g/mol. The van der Waals surface area contributed by atoms with Gasteiger partial charge in [-0.15, -0.1) is 0 Å². The van der Waals surface area contributed by atoms with Gasteiger partial charge in [-0.1, -0.05) is 18.5 Å². The summed E-state index contributed by atoms with van der Waals surface area (Å²) >= 11 is 6.16. The Hall–Kier alpha value is -0.930. The SMILES string of the molecule is CCCNC1CCN(c2ccc(OC)c(Cl)c2)C1. The number of anilines is 1. The second-order valence-electron chi connectivity index (χ2n) is 4.70. The van der Waals surface area contributed by atoms with E-state index in [0.717, 1.165) is 25.4 Å². The molecule has 1 N–H and O–H groups in total. The predicted octanol–water partition coefficient (Wildman–Crippen LogP) is 2.93. The van der Waals surface area contributed by atoms with E-state index in [0.29, 0.717) is 11.1 Å². The van der Waals surface area contributed by atoms with Gasteiger partial charge in [0.1, 0.15) is 5.75 Å². The molecule has 1 saturated heterocycles. The lowest BCUT2D eigenvalue weighted by Crippen LogP contribution is -2.32. The van der Waals surface area contributed by atoms with Crippen molar-refractivity contribution < 1.29 is 4.74 Å². The minimum absolute atomic E-state index is 0.603. The Morgan fingerprint density at radius 3 is 3.00 bits per heavy atom. The van der Waals surface area contributed by atoms with Crippen molar-refractivity contribution in [2.75, 3.05) is 31.6 Å². The number of ether oxygens (including phenoxy) is 1. The second-order valence-corrected chi connectivity index (χ2v) is 5.11. The van der Waals surface area contributed by atoms with Crippen LogP contribution >= 0.6 is 11.6 Å². The van der Waals surface area contributed by atoms with E-state index in [4.69, 9.17) is 16.3 Å². The monoisotopic (exact) mass is 268 g/mol. The normalized spacial score (nSPS) is 19.3. The van der Waals surface area contributed by atoms with Gasteiger partial charge in [0.05, 0.1) is 12.1 Å². The first-order valence-electron chi connectivity index (χ1n) is 6.56. The molecule has 0 aliphatic carbocycles. The molecule has 1 aliphatic heterocycles. The van der Waals surface area contributed by atoms with E-state index < -0.39 is 0 Å². The van der Waals surface area contributed by atoms with E-state index in [1.807, 2.05) is 12.1 Å². The summed E-state index contributed by atoms with van der Waals surface area (Å²) < 4.78 is 5.17. The van der Waals surface area contributed by atoms with Crippen molar-refractivity contribution in [3.63, 3.8) is 0 Å². The number of halogens is 1. The van der Waals surface area contributed by atoms with Crippen LogP contribution in [0, 0.1) is 0 Å². The third-order valence-corrected chi connectivity index (χ3v) is 3.67. The Morgan fingerprint density at radius 2 is 2.33 bits per heavy atom. The highest BCUT2D eigenvalue weighted by molar-refractivity contribution is 6.32. The molecule has 1 atom stereocenters. The van der Waals surface area contributed by atoms with Gasteiger partial charge in [-0.25, -0.2) is 0 Å². The van der Waals surface area contributed by atoms with Gasteiger partial charge in [0.25, 0.3) is 0 Å². The van der Waals surface area contributed by atoms with E-state index in [2.05, 4.69) is 23.2 Å². The zero-order valence-electron chi connectivity index (χ0n) is 11.1. The standard InChI is InChI=1S/C14H21ClN2O/c1-3-7-16-11-6-8-17(10-11)12-4-5-14(18-2)13(15)9-12/h4-5,9,11,16H,3,6-8,10H2,1-2H3. The van der Waals surface area contributed by atoms with Gasteiger partial charge >= 0.3 is 0 Å². The molecular formula is C14H21ClN2O. The molecule has 0 aromatic heterocycles. The molecule has 0 saturated carbocycles. The van der Waals surface area contributed by atoms with E-state index in [9.17, 15) is 0 Å². The van der Waals surface area contributed by atoms with Crippen LogP contribution in [-0.4, -0.2) is 32.8 Å². The van der Waals surface area contributed by atoms with Crippen molar-refractivity contribution in [1.82, 2.24) is 5.32 Å². The zero-order valence-corrected chi connectivity index (χ0v) is 11.8. The van der Waals surface area contributed by atoms with E-state index in [1.54, 1.807) is 7.11 Å². The molecule has 1 unspecified atom stereocenters. The molecule has 2 rings (SSSR count). The number of rotatable bonds is 5. The summed E-state index contributed by atoms with van der Waals surface area (Å²) in [5, 5.41) is 4.25. The molecule has 0 amide bonds. The van der Waals surface area contributed by atoms with Crippen LogP contribution in [0.4, 0.5) is 5.69 Å². The third-order valence-electron chi connectivity index (χ3n) is 3.37. The van der Waals surface area contributed by atoms with Crippen molar-refractivity contribution in [2.24, 2.45) is 0 Å². The molecule has 0 radical (unpaired) electrons. The molecule has 1 fully saturated rings. The average Bonchev–Trinajstić information content (AvgIpc) is 2.85. The van der Waals surface area contributed by atoms with E-state index in [-0.39, 0.29) is 0 Å². The van der Waals surface area contributed by atoms with Crippen LogP contribution in [0.25, 0.3) is 0 Å². The number of nitrogens with zero attached hydrogens (tertiary/aromatic N) is 1. The summed E-state index contributed by atoms with van der Waals surface area (Å²) in [6, 6.07) is 6.60. The number of nitrogens with one attached hydrogen (secondary N) is 1. The van der Waals surface area contributed by atoms with Gasteiger partial charge in [-0.05, 0) is 37.6 Å². The Bertz CT molecular complexity index is 397. The average molecular weight is 269 g/mol. The van der Waals surface area contributed by atoms with E-state index >= 15 is 0 Å². The van der Waals surface area contributed by atoms with Gasteiger partial charge < -0.3 is 15.0 Å². The Kier molecular flexibility index (Phi) is 4.72. The third kappa shape index (κ3) is 3.09. The maximum atomic E-state index is 6.16. The maximum Gasteiger partial charge on any atom is 0.137 e. The summed E-state index contributed by atoms with van der Waals surface area (Å²) in [5.74, 6) is 0.736. The lowest BCUT2D eigenvalue weighted by Gasteiger charge is -2.20. The summed E-state index contributed by atoms with van der Waals surface area (Å²) in [7, 11) is 1.64. The predicted molar refractivity (Wildman–Crippen MR) is 76.9 cm³/mol. The Morgan fingerprint density at radius 1 is 1.50 bits per heavy atom. The van der Waals surface area contributed by atoms with Crippen LogP contribution in [0.1, 0.15) is 19.8 Å². The fourth-order valence-corrected chi connectivity index (χ4v) is 2.61. The number of methoxy groups -OCH3 is 1. The molecule has 1 aliphatic rings. The lowest BCUT2D eigenvalue weighted by atomic mass is 10.2. The van der Waals surface area contributed by atoms with Gasteiger partial charge in [0.2, 0.25) is 0 Å². The molecule has 0 bridgehead atoms. The molecule has 1 aromatic carbocycles. The number of hydrogen-bond acceptors (Lipinski definition) is 3. The van der Waals surface area contributed by atoms with Crippen LogP contribution in [0.2, 0.25) is 5.02 Å². The highest BCUT2D eigenvalue weighted by atomic mass is 35.5.